The number of carbonyl (C=O) groups excluding carboxylic acids is 3. The molecule has 0 saturated carbocycles. The number of benzene rings is 2. The summed E-state index contributed by atoms with van der Waals surface area (Å²) in [6.45, 7) is 1.04. The van der Waals surface area contributed by atoms with Gasteiger partial charge in [-0.05, 0) is 42.5 Å². The van der Waals surface area contributed by atoms with Crippen molar-refractivity contribution < 1.29 is 19.1 Å². The maximum absolute atomic E-state index is 13.2. The van der Waals surface area contributed by atoms with E-state index in [1.54, 1.807) is 23.1 Å². The van der Waals surface area contributed by atoms with Crippen LogP contribution in [-0.4, -0.2) is 35.3 Å². The SMILES string of the molecule is O=C1NCc2c1cccc2C(=O)N1CCCCC1C(=O)OCc1ccccc1. The molecular formula is C22H22N2O4. The number of nitrogens with zero attached hydrogens (tertiary/aromatic N) is 1. The highest BCUT2D eigenvalue weighted by Gasteiger charge is 2.35. The summed E-state index contributed by atoms with van der Waals surface area (Å²) in [5.74, 6) is -0.754. The van der Waals surface area contributed by atoms with Crippen molar-refractivity contribution in [3.8, 4) is 0 Å². The van der Waals surface area contributed by atoms with E-state index in [1.165, 1.54) is 0 Å². The number of hydrogen-bond acceptors (Lipinski definition) is 4. The zero-order chi connectivity index (χ0) is 19.5. The Morgan fingerprint density at radius 1 is 1.07 bits per heavy atom. The summed E-state index contributed by atoms with van der Waals surface area (Å²) in [6.07, 6.45) is 2.31. The summed E-state index contributed by atoms with van der Waals surface area (Å²) >= 11 is 0. The second-order valence-electron chi connectivity index (χ2n) is 7.12. The van der Waals surface area contributed by atoms with E-state index in [-0.39, 0.29) is 24.4 Å². The number of rotatable bonds is 4. The van der Waals surface area contributed by atoms with Crippen LogP contribution in [0.4, 0.5) is 0 Å². The highest BCUT2D eigenvalue weighted by Crippen LogP contribution is 2.26. The van der Waals surface area contributed by atoms with Crippen LogP contribution in [-0.2, 0) is 22.7 Å². The first-order valence-electron chi connectivity index (χ1n) is 9.57. The number of hydrogen-bond donors (Lipinski definition) is 1. The van der Waals surface area contributed by atoms with Crippen molar-refractivity contribution in [3.05, 3.63) is 70.8 Å². The van der Waals surface area contributed by atoms with E-state index in [0.717, 1.165) is 18.4 Å². The third-order valence-electron chi connectivity index (χ3n) is 5.34. The van der Waals surface area contributed by atoms with Gasteiger partial charge in [0.2, 0.25) is 0 Å². The van der Waals surface area contributed by atoms with Crippen LogP contribution >= 0.6 is 0 Å². The minimum atomic E-state index is -0.592. The Morgan fingerprint density at radius 3 is 2.71 bits per heavy atom. The molecule has 0 aromatic heterocycles. The van der Waals surface area contributed by atoms with E-state index in [9.17, 15) is 14.4 Å². The van der Waals surface area contributed by atoms with E-state index in [2.05, 4.69) is 5.32 Å². The molecule has 2 heterocycles. The highest BCUT2D eigenvalue weighted by molar-refractivity contribution is 6.05. The maximum atomic E-state index is 13.2. The van der Waals surface area contributed by atoms with Gasteiger partial charge in [-0.2, -0.15) is 0 Å². The van der Waals surface area contributed by atoms with Gasteiger partial charge in [0.1, 0.15) is 12.6 Å². The molecule has 4 rings (SSSR count). The average molecular weight is 378 g/mol. The maximum Gasteiger partial charge on any atom is 0.329 e. The monoisotopic (exact) mass is 378 g/mol. The molecule has 2 amide bonds. The summed E-state index contributed by atoms with van der Waals surface area (Å²) in [4.78, 5) is 39.5. The van der Waals surface area contributed by atoms with Gasteiger partial charge in [0.25, 0.3) is 11.8 Å². The number of ether oxygens (including phenoxy) is 1. The quantitative estimate of drug-likeness (QED) is 0.830. The van der Waals surface area contributed by atoms with E-state index < -0.39 is 6.04 Å². The molecule has 0 bridgehead atoms. The van der Waals surface area contributed by atoms with Crippen LogP contribution < -0.4 is 5.32 Å². The molecule has 1 atom stereocenters. The van der Waals surface area contributed by atoms with Gasteiger partial charge >= 0.3 is 5.97 Å². The fraction of sp³-hybridized carbons (Fsp3) is 0.318. The summed E-state index contributed by atoms with van der Waals surface area (Å²) in [7, 11) is 0. The fourth-order valence-corrected chi connectivity index (χ4v) is 3.85. The van der Waals surface area contributed by atoms with Gasteiger partial charge in [-0.25, -0.2) is 4.79 Å². The van der Waals surface area contributed by atoms with Crippen LogP contribution in [0.15, 0.2) is 48.5 Å². The van der Waals surface area contributed by atoms with Crippen molar-refractivity contribution in [2.45, 2.75) is 38.5 Å². The molecule has 28 heavy (non-hydrogen) atoms. The lowest BCUT2D eigenvalue weighted by molar-refractivity contribution is -0.151. The Bertz CT molecular complexity index is 910. The second-order valence-corrected chi connectivity index (χ2v) is 7.12. The van der Waals surface area contributed by atoms with E-state index in [1.807, 2.05) is 30.3 Å². The number of piperidine rings is 1. The topological polar surface area (TPSA) is 75.7 Å². The predicted octanol–water partition coefficient (Wildman–Crippen LogP) is 2.67. The van der Waals surface area contributed by atoms with Gasteiger partial charge in [0.05, 0.1) is 0 Å². The molecule has 2 aromatic rings. The zero-order valence-electron chi connectivity index (χ0n) is 15.5. The fourth-order valence-electron chi connectivity index (χ4n) is 3.85. The highest BCUT2D eigenvalue weighted by atomic mass is 16.5. The number of nitrogens with one attached hydrogen (secondary N) is 1. The van der Waals surface area contributed by atoms with E-state index >= 15 is 0 Å². The number of esters is 1. The van der Waals surface area contributed by atoms with Crippen LogP contribution in [0.5, 0.6) is 0 Å². The van der Waals surface area contributed by atoms with Crippen LogP contribution in [0.1, 0.15) is 51.1 Å². The third kappa shape index (κ3) is 3.50. The molecule has 0 radical (unpaired) electrons. The van der Waals surface area contributed by atoms with Gasteiger partial charge in [-0.1, -0.05) is 36.4 Å². The van der Waals surface area contributed by atoms with Crippen molar-refractivity contribution in [1.29, 1.82) is 0 Å². The first-order valence-corrected chi connectivity index (χ1v) is 9.57. The van der Waals surface area contributed by atoms with Crippen molar-refractivity contribution in [2.75, 3.05) is 6.54 Å². The Hall–Kier alpha value is -3.15. The summed E-state index contributed by atoms with van der Waals surface area (Å²) in [5.41, 5.74) is 2.64. The Kier molecular flexibility index (Phi) is 5.10. The molecule has 1 N–H and O–H groups in total. The van der Waals surface area contributed by atoms with Crippen LogP contribution in [0.25, 0.3) is 0 Å². The van der Waals surface area contributed by atoms with Crippen LogP contribution in [0, 0.1) is 0 Å². The molecule has 1 saturated heterocycles. The summed E-state index contributed by atoms with van der Waals surface area (Å²) < 4.78 is 5.49. The third-order valence-corrected chi connectivity index (χ3v) is 5.34. The molecule has 144 valence electrons. The van der Waals surface area contributed by atoms with Gasteiger partial charge in [-0.3, -0.25) is 9.59 Å². The van der Waals surface area contributed by atoms with Crippen molar-refractivity contribution in [1.82, 2.24) is 10.2 Å². The van der Waals surface area contributed by atoms with Crippen molar-refractivity contribution >= 4 is 17.8 Å². The smallest absolute Gasteiger partial charge is 0.329 e. The number of amides is 2. The number of carbonyl (C=O) groups is 3. The van der Waals surface area contributed by atoms with Gasteiger partial charge in [0.15, 0.2) is 0 Å². The molecule has 0 spiro atoms. The molecule has 1 unspecified atom stereocenters. The molecular weight excluding hydrogens is 356 g/mol. The van der Waals surface area contributed by atoms with Crippen molar-refractivity contribution in [3.63, 3.8) is 0 Å². The first kappa shape index (κ1) is 18.2. The lowest BCUT2D eigenvalue weighted by Gasteiger charge is -2.34. The average Bonchev–Trinajstić information content (AvgIpc) is 3.13. The Balaban J connectivity index is 1.52. The molecule has 2 aliphatic heterocycles. The van der Waals surface area contributed by atoms with Gasteiger partial charge in [-0.15, -0.1) is 0 Å². The summed E-state index contributed by atoms with van der Waals surface area (Å²) in [6, 6.07) is 14.1. The van der Waals surface area contributed by atoms with E-state index in [0.29, 0.717) is 36.2 Å². The Morgan fingerprint density at radius 2 is 1.89 bits per heavy atom. The molecule has 2 aromatic carbocycles. The normalized spacial score (nSPS) is 18.4. The predicted molar refractivity (Wildman–Crippen MR) is 103 cm³/mol. The second kappa shape index (κ2) is 7.84. The standard InChI is InChI=1S/C22H22N2O4/c25-20-16-9-6-10-17(18(16)13-23-20)21(26)24-12-5-4-11-19(24)22(27)28-14-15-7-2-1-3-8-15/h1-3,6-10,19H,4-5,11-14H2,(H,23,25). The minimum Gasteiger partial charge on any atom is -0.459 e. The minimum absolute atomic E-state index is 0.165. The Labute approximate surface area is 163 Å². The molecule has 2 aliphatic rings. The lowest BCUT2D eigenvalue weighted by Crippen LogP contribution is -2.48. The molecule has 0 aliphatic carbocycles. The zero-order valence-corrected chi connectivity index (χ0v) is 15.5. The van der Waals surface area contributed by atoms with Gasteiger partial charge in [0, 0.05) is 24.2 Å². The summed E-state index contributed by atoms with van der Waals surface area (Å²) in [5, 5.41) is 2.75. The van der Waals surface area contributed by atoms with Crippen molar-refractivity contribution in [2.24, 2.45) is 0 Å². The number of fused-ring (bicyclic) bond motifs is 1. The first-order chi connectivity index (χ1) is 13.6. The molecule has 6 nitrogen and oxygen atoms in total. The van der Waals surface area contributed by atoms with E-state index in [4.69, 9.17) is 4.74 Å². The van der Waals surface area contributed by atoms with Crippen LogP contribution in [0.3, 0.4) is 0 Å². The largest absolute Gasteiger partial charge is 0.459 e. The lowest BCUT2D eigenvalue weighted by atomic mass is 9.97. The van der Waals surface area contributed by atoms with Crippen LogP contribution in [0.2, 0.25) is 0 Å². The van der Waals surface area contributed by atoms with Gasteiger partial charge < -0.3 is 15.0 Å². The molecule has 6 heteroatoms. The number of likely N-dealkylation sites (tertiary alicyclic amines) is 1. The molecule has 1 fully saturated rings.